The van der Waals surface area contributed by atoms with Gasteiger partial charge in [0.2, 0.25) is 0 Å². The maximum atomic E-state index is 6.65. The van der Waals surface area contributed by atoms with E-state index in [1.54, 1.807) is 6.42 Å². The second kappa shape index (κ2) is 5.06. The summed E-state index contributed by atoms with van der Waals surface area (Å²) in [6.07, 6.45) is 16.5. The summed E-state index contributed by atoms with van der Waals surface area (Å²) < 4.78 is 0. The molecule has 2 N–H and O–H groups in total. The second-order valence-corrected chi connectivity index (χ2v) is 8.03. The summed E-state index contributed by atoms with van der Waals surface area (Å²) >= 11 is 0. The molecule has 0 aliphatic heterocycles. The molecule has 0 aromatic carbocycles. The fourth-order valence-corrected chi connectivity index (χ4v) is 6.52. The zero-order valence-electron chi connectivity index (χ0n) is 12.4. The first-order chi connectivity index (χ1) is 9.38. The Bertz CT molecular complexity index is 318. The van der Waals surface area contributed by atoms with Crippen molar-refractivity contribution in [2.75, 3.05) is 0 Å². The molecule has 0 radical (unpaired) electrons. The van der Waals surface area contributed by atoms with Crippen LogP contribution in [0.1, 0.15) is 70.6 Å². The number of hydrogen-bond acceptors (Lipinski definition) is 1. The van der Waals surface area contributed by atoms with Gasteiger partial charge in [-0.3, -0.25) is 0 Å². The van der Waals surface area contributed by atoms with E-state index in [4.69, 9.17) is 5.73 Å². The SMILES string of the molecule is NC1C(C2CCCCCC2)C2C3CCCCCC3C12. The summed E-state index contributed by atoms with van der Waals surface area (Å²) in [7, 11) is 0. The van der Waals surface area contributed by atoms with E-state index in [9.17, 15) is 0 Å². The number of nitrogens with two attached hydrogens (primary N) is 1. The summed E-state index contributed by atoms with van der Waals surface area (Å²) in [5, 5.41) is 0. The van der Waals surface area contributed by atoms with Crippen molar-refractivity contribution < 1.29 is 0 Å². The highest BCUT2D eigenvalue weighted by Crippen LogP contribution is 2.66. The van der Waals surface area contributed by atoms with E-state index in [1.807, 2.05) is 0 Å². The van der Waals surface area contributed by atoms with Gasteiger partial charge in [-0.2, -0.15) is 0 Å². The van der Waals surface area contributed by atoms with Gasteiger partial charge in [-0.1, -0.05) is 57.8 Å². The van der Waals surface area contributed by atoms with Crippen LogP contribution in [0.3, 0.4) is 0 Å². The Kier molecular flexibility index (Phi) is 3.38. The zero-order chi connectivity index (χ0) is 12.8. The highest BCUT2D eigenvalue weighted by molar-refractivity contribution is 5.15. The molecule has 4 fully saturated rings. The quantitative estimate of drug-likeness (QED) is 0.697. The topological polar surface area (TPSA) is 26.0 Å². The van der Waals surface area contributed by atoms with Crippen LogP contribution >= 0.6 is 0 Å². The van der Waals surface area contributed by atoms with Crippen LogP contribution in [0.25, 0.3) is 0 Å². The molecular formula is C18H31N. The molecule has 4 saturated carbocycles. The van der Waals surface area contributed by atoms with Gasteiger partial charge in [0.15, 0.2) is 0 Å². The lowest BCUT2D eigenvalue weighted by atomic mass is 9.37. The first kappa shape index (κ1) is 12.7. The van der Waals surface area contributed by atoms with Crippen LogP contribution < -0.4 is 5.73 Å². The molecule has 0 amide bonds. The maximum Gasteiger partial charge on any atom is 0.0107 e. The Morgan fingerprint density at radius 3 is 1.74 bits per heavy atom. The van der Waals surface area contributed by atoms with Crippen molar-refractivity contribution in [1.82, 2.24) is 0 Å². The molecular weight excluding hydrogens is 230 g/mol. The van der Waals surface area contributed by atoms with Crippen LogP contribution in [0.15, 0.2) is 0 Å². The molecule has 19 heavy (non-hydrogen) atoms. The van der Waals surface area contributed by atoms with Gasteiger partial charge >= 0.3 is 0 Å². The Hall–Kier alpha value is -0.0400. The summed E-state index contributed by atoms with van der Waals surface area (Å²) in [4.78, 5) is 0. The molecule has 1 heteroatoms. The van der Waals surface area contributed by atoms with E-state index in [2.05, 4.69) is 0 Å². The second-order valence-electron chi connectivity index (χ2n) is 8.03. The van der Waals surface area contributed by atoms with E-state index in [0.29, 0.717) is 6.04 Å². The third-order valence-electron chi connectivity index (χ3n) is 7.34. The standard InChI is InChI=1S/C18H31N/c19-18-15(12-8-4-1-2-5-9-12)16-13-10-6-3-7-11-14(13)17(16)18/h12-18H,1-11,19H2. The normalized spacial score (nSPS) is 51.0. The average molecular weight is 261 g/mol. The van der Waals surface area contributed by atoms with Gasteiger partial charge < -0.3 is 5.73 Å². The lowest BCUT2D eigenvalue weighted by Crippen LogP contribution is -2.71. The fourth-order valence-electron chi connectivity index (χ4n) is 6.52. The van der Waals surface area contributed by atoms with E-state index < -0.39 is 0 Å². The van der Waals surface area contributed by atoms with Crippen molar-refractivity contribution >= 4 is 0 Å². The fraction of sp³-hybridized carbons (Fsp3) is 1.00. The number of rotatable bonds is 1. The molecule has 0 spiro atoms. The molecule has 0 saturated heterocycles. The van der Waals surface area contributed by atoms with E-state index >= 15 is 0 Å². The summed E-state index contributed by atoms with van der Waals surface area (Å²) in [6.45, 7) is 0. The minimum absolute atomic E-state index is 0.590. The van der Waals surface area contributed by atoms with Crippen molar-refractivity contribution in [3.63, 3.8) is 0 Å². The summed E-state index contributed by atoms with van der Waals surface area (Å²) in [6, 6.07) is 0.590. The largest absolute Gasteiger partial charge is 0.327 e. The Labute approximate surface area is 118 Å². The molecule has 1 nitrogen and oxygen atoms in total. The van der Waals surface area contributed by atoms with Crippen LogP contribution in [-0.2, 0) is 0 Å². The van der Waals surface area contributed by atoms with Crippen molar-refractivity contribution in [1.29, 1.82) is 0 Å². The molecule has 6 unspecified atom stereocenters. The lowest BCUT2D eigenvalue weighted by Gasteiger charge is -2.69. The van der Waals surface area contributed by atoms with E-state index in [-0.39, 0.29) is 0 Å². The summed E-state index contributed by atoms with van der Waals surface area (Å²) in [5.41, 5.74) is 6.65. The van der Waals surface area contributed by atoms with Crippen LogP contribution in [0.4, 0.5) is 0 Å². The molecule has 4 aliphatic rings. The van der Waals surface area contributed by atoms with Crippen molar-refractivity contribution in [3.8, 4) is 0 Å². The molecule has 108 valence electrons. The molecule has 4 aliphatic carbocycles. The molecule has 4 rings (SSSR count). The van der Waals surface area contributed by atoms with E-state index in [0.717, 1.165) is 35.5 Å². The van der Waals surface area contributed by atoms with Crippen LogP contribution in [0, 0.1) is 35.5 Å². The molecule has 0 bridgehead atoms. The first-order valence-electron chi connectivity index (χ1n) is 9.13. The average Bonchev–Trinajstić information content (AvgIpc) is 2.76. The Morgan fingerprint density at radius 1 is 0.526 bits per heavy atom. The van der Waals surface area contributed by atoms with Gasteiger partial charge in [0.05, 0.1) is 0 Å². The van der Waals surface area contributed by atoms with E-state index in [1.165, 1.54) is 64.2 Å². The first-order valence-corrected chi connectivity index (χ1v) is 9.13. The Morgan fingerprint density at radius 2 is 1.05 bits per heavy atom. The monoisotopic (exact) mass is 261 g/mol. The number of fused-ring (bicyclic) bond motifs is 4. The van der Waals surface area contributed by atoms with Gasteiger partial charge in [0.25, 0.3) is 0 Å². The van der Waals surface area contributed by atoms with Gasteiger partial charge in [0, 0.05) is 6.04 Å². The third kappa shape index (κ3) is 1.91. The minimum Gasteiger partial charge on any atom is -0.327 e. The Balaban J connectivity index is 1.46. The van der Waals surface area contributed by atoms with Crippen LogP contribution in [0.2, 0.25) is 0 Å². The molecule has 0 heterocycles. The predicted octanol–water partition coefficient (Wildman–Crippen LogP) is 4.36. The highest BCUT2D eigenvalue weighted by Gasteiger charge is 2.65. The van der Waals surface area contributed by atoms with Gasteiger partial charge in [-0.05, 0) is 48.3 Å². The van der Waals surface area contributed by atoms with Crippen LogP contribution in [0.5, 0.6) is 0 Å². The predicted molar refractivity (Wildman–Crippen MR) is 79.7 cm³/mol. The highest BCUT2D eigenvalue weighted by atomic mass is 14.8. The van der Waals surface area contributed by atoms with Gasteiger partial charge in [-0.25, -0.2) is 0 Å². The minimum atomic E-state index is 0.590. The molecule has 0 aromatic rings. The smallest absolute Gasteiger partial charge is 0.0107 e. The number of hydrogen-bond donors (Lipinski definition) is 1. The maximum absolute atomic E-state index is 6.65. The van der Waals surface area contributed by atoms with Crippen molar-refractivity contribution in [2.45, 2.75) is 76.7 Å². The van der Waals surface area contributed by atoms with Crippen molar-refractivity contribution in [2.24, 2.45) is 41.2 Å². The molecule has 6 atom stereocenters. The third-order valence-corrected chi connectivity index (χ3v) is 7.34. The molecule has 0 aromatic heterocycles. The van der Waals surface area contributed by atoms with Gasteiger partial charge in [0.1, 0.15) is 0 Å². The zero-order valence-corrected chi connectivity index (χ0v) is 12.4. The van der Waals surface area contributed by atoms with Crippen LogP contribution in [-0.4, -0.2) is 6.04 Å². The van der Waals surface area contributed by atoms with Crippen molar-refractivity contribution in [3.05, 3.63) is 0 Å². The summed E-state index contributed by atoms with van der Waals surface area (Å²) in [5.74, 6) is 6.10. The lowest BCUT2D eigenvalue weighted by molar-refractivity contribution is -0.191. The van der Waals surface area contributed by atoms with Gasteiger partial charge in [-0.15, -0.1) is 0 Å².